The predicted octanol–water partition coefficient (Wildman–Crippen LogP) is 4.42. The van der Waals surface area contributed by atoms with Crippen LogP contribution in [0.3, 0.4) is 0 Å². The van der Waals surface area contributed by atoms with Crippen LogP contribution in [-0.4, -0.2) is 108 Å². The molecule has 1 aromatic heterocycles. The standard InChI is InChI=1S/C37H49BBrIN4O10/c1-22(11-7-5-4-6-10-16-40)37(50,35(48)52-3)43-34(47)27-17-24(21-44(27)31(46)20-41-36(49)54-23-12-8-9-13-23)53-30-18-26(28(45)19-38)42-33-25(30)14-15-29(51-2)32(33)39/h7,11,14-15,18,22-24,27,50H,4-6,8-10,12-13,16-17,19-21,38H2,1-3H3,(H,41,49)(H,43,47)/b11-7-/t22?,24-,27+,37+/m1/s1. The van der Waals surface area contributed by atoms with Crippen molar-refractivity contribution in [3.8, 4) is 11.5 Å². The van der Waals surface area contributed by atoms with E-state index in [0.717, 1.165) is 62.9 Å². The number of halogens is 2. The zero-order valence-corrected chi connectivity index (χ0v) is 34.9. The third kappa shape index (κ3) is 10.9. The number of likely N-dealkylation sites (tertiary alicyclic amines) is 1. The number of allylic oxidation sites excluding steroid dienone is 1. The average Bonchev–Trinajstić information content (AvgIpc) is 3.85. The molecular weight excluding hydrogens is 878 g/mol. The number of ether oxygens (including phenoxy) is 4. The second-order valence-corrected chi connectivity index (χ2v) is 15.3. The van der Waals surface area contributed by atoms with E-state index in [1.807, 2.05) is 6.08 Å². The normalized spacial score (nSPS) is 19.0. The number of rotatable bonds is 18. The Kier molecular flexibility index (Phi) is 16.4. The van der Waals surface area contributed by atoms with Gasteiger partial charge in [-0.15, -0.1) is 0 Å². The van der Waals surface area contributed by atoms with Gasteiger partial charge in [0.2, 0.25) is 17.5 Å². The summed E-state index contributed by atoms with van der Waals surface area (Å²) in [4.78, 5) is 72.0. The molecule has 14 nitrogen and oxygen atoms in total. The number of benzene rings is 1. The number of ketones is 1. The van der Waals surface area contributed by atoms with Gasteiger partial charge in [-0.3, -0.25) is 14.4 Å². The number of carbonyl (C=O) groups is 5. The number of esters is 1. The number of hydrogen-bond acceptors (Lipinski definition) is 11. The number of methoxy groups -OCH3 is 2. The number of alkyl carbamates (subject to hydrolysis) is 1. The highest BCUT2D eigenvalue weighted by Crippen LogP contribution is 2.38. The number of nitrogens with one attached hydrogen (secondary N) is 2. The second kappa shape index (κ2) is 20.5. The number of carbonyl (C=O) groups excluding carboxylic acids is 5. The molecule has 2 aromatic rings. The van der Waals surface area contributed by atoms with Gasteiger partial charge in [0.05, 0.1) is 30.8 Å². The summed E-state index contributed by atoms with van der Waals surface area (Å²) < 4.78 is 23.8. The molecule has 3 amide bonds. The summed E-state index contributed by atoms with van der Waals surface area (Å²) in [6.07, 6.45) is 9.11. The van der Waals surface area contributed by atoms with Crippen LogP contribution in [0.2, 0.25) is 6.32 Å². The monoisotopic (exact) mass is 926 g/mol. The van der Waals surface area contributed by atoms with Gasteiger partial charge < -0.3 is 39.6 Å². The molecule has 17 heteroatoms. The molecule has 1 saturated heterocycles. The van der Waals surface area contributed by atoms with Crippen molar-refractivity contribution in [2.45, 2.75) is 95.0 Å². The number of nitrogens with zero attached hydrogens (tertiary/aromatic N) is 2. The maximum Gasteiger partial charge on any atom is 0.407 e. The lowest BCUT2D eigenvalue weighted by molar-refractivity contribution is -0.174. The summed E-state index contributed by atoms with van der Waals surface area (Å²) in [5.41, 5.74) is -1.87. The molecule has 1 saturated carbocycles. The number of aliphatic hydroxyl groups is 1. The fraction of sp³-hybridized carbons (Fsp3) is 0.568. The van der Waals surface area contributed by atoms with E-state index in [1.54, 1.807) is 33.0 Å². The van der Waals surface area contributed by atoms with Gasteiger partial charge in [0.15, 0.2) is 5.78 Å². The molecule has 2 aliphatic rings. The Hall–Kier alpha value is -3.45. The van der Waals surface area contributed by atoms with E-state index in [-0.39, 0.29) is 36.9 Å². The number of Topliss-reactive ketones (excluding diaryl/α,β-unsaturated/α-hetero) is 1. The summed E-state index contributed by atoms with van der Waals surface area (Å²) >= 11 is 5.85. The zero-order valence-electron chi connectivity index (χ0n) is 31.2. The minimum absolute atomic E-state index is 0.0550. The van der Waals surface area contributed by atoms with Crippen molar-refractivity contribution in [3.05, 3.63) is 40.5 Å². The van der Waals surface area contributed by atoms with Crippen LogP contribution in [-0.2, 0) is 23.9 Å². The Labute approximate surface area is 338 Å². The first kappa shape index (κ1) is 43.3. The Morgan fingerprint density at radius 3 is 2.54 bits per heavy atom. The molecule has 54 heavy (non-hydrogen) atoms. The van der Waals surface area contributed by atoms with E-state index in [9.17, 15) is 29.1 Å². The van der Waals surface area contributed by atoms with Gasteiger partial charge >= 0.3 is 12.1 Å². The number of unbranched alkanes of at least 4 members (excludes halogenated alkanes) is 3. The van der Waals surface area contributed by atoms with E-state index in [2.05, 4.69) is 54.1 Å². The molecule has 2 heterocycles. The number of pyridine rings is 1. The summed E-state index contributed by atoms with van der Waals surface area (Å²) in [5, 5.41) is 17.1. The molecule has 1 aromatic carbocycles. The highest BCUT2D eigenvalue weighted by Gasteiger charge is 2.48. The number of hydrogen-bond donors (Lipinski definition) is 3. The highest BCUT2D eigenvalue weighted by molar-refractivity contribution is 14.1. The van der Waals surface area contributed by atoms with Crippen LogP contribution in [0.15, 0.2) is 34.8 Å². The number of fused-ring (bicyclic) bond motifs is 1. The van der Waals surface area contributed by atoms with Crippen LogP contribution < -0.4 is 20.1 Å². The van der Waals surface area contributed by atoms with Crippen molar-refractivity contribution in [1.29, 1.82) is 0 Å². The fourth-order valence-electron chi connectivity index (χ4n) is 6.57. The molecule has 0 radical (unpaired) electrons. The van der Waals surface area contributed by atoms with Crippen molar-refractivity contribution >= 4 is 86.9 Å². The van der Waals surface area contributed by atoms with Gasteiger partial charge in [0.25, 0.3) is 0 Å². The Morgan fingerprint density at radius 1 is 1.13 bits per heavy atom. The Bertz CT molecular complexity index is 1710. The minimum Gasteiger partial charge on any atom is -0.495 e. The molecule has 0 bridgehead atoms. The lowest BCUT2D eigenvalue weighted by Crippen LogP contribution is -2.62. The van der Waals surface area contributed by atoms with Crippen LogP contribution in [0.25, 0.3) is 10.9 Å². The number of amides is 3. The van der Waals surface area contributed by atoms with Crippen molar-refractivity contribution < 1.29 is 48.0 Å². The van der Waals surface area contributed by atoms with E-state index in [4.69, 9.17) is 18.9 Å². The van der Waals surface area contributed by atoms with Gasteiger partial charge in [0, 0.05) is 23.8 Å². The second-order valence-electron chi connectivity index (χ2n) is 13.5. The van der Waals surface area contributed by atoms with Crippen LogP contribution in [0.1, 0.15) is 75.2 Å². The lowest BCUT2D eigenvalue weighted by atomic mass is 9.95. The van der Waals surface area contributed by atoms with Crippen molar-refractivity contribution in [3.63, 3.8) is 0 Å². The van der Waals surface area contributed by atoms with Crippen molar-refractivity contribution in [2.75, 3.05) is 31.7 Å². The van der Waals surface area contributed by atoms with Crippen molar-refractivity contribution in [2.24, 2.45) is 5.92 Å². The molecule has 4 atom stereocenters. The quantitative estimate of drug-likeness (QED) is 0.0282. The summed E-state index contributed by atoms with van der Waals surface area (Å²) in [5.74, 6) is -2.84. The molecule has 3 N–H and O–H groups in total. The zero-order chi connectivity index (χ0) is 39.4. The predicted molar refractivity (Wildman–Crippen MR) is 216 cm³/mol. The van der Waals surface area contributed by atoms with Crippen LogP contribution in [0.5, 0.6) is 11.5 Å². The average molecular weight is 927 g/mol. The molecule has 1 unspecified atom stereocenters. The molecule has 294 valence electrons. The minimum atomic E-state index is -2.45. The number of alkyl halides is 1. The maximum absolute atomic E-state index is 14.1. The van der Waals surface area contributed by atoms with Gasteiger partial charge in [-0.05, 0) is 83.8 Å². The smallest absolute Gasteiger partial charge is 0.407 e. The van der Waals surface area contributed by atoms with E-state index >= 15 is 0 Å². The summed E-state index contributed by atoms with van der Waals surface area (Å²) in [7, 11) is 4.34. The van der Waals surface area contributed by atoms with E-state index in [0.29, 0.717) is 26.9 Å². The fourth-order valence-corrected chi connectivity index (χ4v) is 7.71. The maximum atomic E-state index is 14.1. The number of aromatic nitrogens is 1. The first-order valence-electron chi connectivity index (χ1n) is 18.3. The summed E-state index contributed by atoms with van der Waals surface area (Å²) in [6.45, 7) is 1.01. The molecule has 1 aliphatic carbocycles. The third-order valence-electron chi connectivity index (χ3n) is 9.71. The molecule has 4 rings (SSSR count). The topological polar surface area (TPSA) is 183 Å². The largest absolute Gasteiger partial charge is 0.495 e. The van der Waals surface area contributed by atoms with Gasteiger partial charge in [-0.2, -0.15) is 0 Å². The Balaban J connectivity index is 1.61. The molecule has 2 fully saturated rings. The highest BCUT2D eigenvalue weighted by atomic mass is 127. The first-order chi connectivity index (χ1) is 25.9. The van der Waals surface area contributed by atoms with Gasteiger partial charge in [-0.1, -0.05) is 48.1 Å². The van der Waals surface area contributed by atoms with E-state index in [1.165, 1.54) is 18.1 Å². The SMILES string of the molecule is BCC(=O)c1cc(O[C@@H]2C[C@@H](C(=O)N[C@@](O)(C(=O)OC)C(C)/C=C\CCCCCI)N(C(=O)CNC(=O)OC3CCCC3)C2)c2ccc(OC)c(Br)c2n1. The third-order valence-corrected chi connectivity index (χ3v) is 11.2. The molecular formula is C37H49BBrIN4O10. The summed E-state index contributed by atoms with van der Waals surface area (Å²) in [6, 6.07) is 3.75. The van der Waals surface area contributed by atoms with Gasteiger partial charge in [0.1, 0.15) is 49.8 Å². The van der Waals surface area contributed by atoms with Crippen LogP contribution in [0, 0.1) is 5.92 Å². The first-order valence-corrected chi connectivity index (χ1v) is 20.6. The van der Waals surface area contributed by atoms with Crippen LogP contribution in [0.4, 0.5) is 4.79 Å². The molecule has 0 spiro atoms. The Morgan fingerprint density at radius 2 is 1.87 bits per heavy atom. The molecule has 1 aliphatic heterocycles. The van der Waals surface area contributed by atoms with E-state index < -0.39 is 54.2 Å². The van der Waals surface area contributed by atoms with Crippen LogP contribution >= 0.6 is 38.5 Å². The van der Waals surface area contributed by atoms with Gasteiger partial charge in [-0.25, -0.2) is 14.6 Å². The van der Waals surface area contributed by atoms with Crippen molar-refractivity contribution in [1.82, 2.24) is 20.5 Å². The lowest BCUT2D eigenvalue weighted by Gasteiger charge is -2.33.